The van der Waals surface area contributed by atoms with Crippen molar-refractivity contribution in [1.82, 2.24) is 9.78 Å². The Labute approximate surface area is 132 Å². The van der Waals surface area contributed by atoms with Crippen molar-refractivity contribution in [1.29, 1.82) is 0 Å². The predicted octanol–water partition coefficient (Wildman–Crippen LogP) is 3.66. The molecule has 1 saturated heterocycles. The van der Waals surface area contributed by atoms with Gasteiger partial charge in [0.15, 0.2) is 5.69 Å². The number of carboxylic acids is 1. The summed E-state index contributed by atoms with van der Waals surface area (Å²) in [5.41, 5.74) is 2.87. The van der Waals surface area contributed by atoms with Crippen LogP contribution in [0.1, 0.15) is 28.4 Å². The molecule has 1 N–H and O–H groups in total. The number of nitrogens with zero attached hydrogens (tertiary/aromatic N) is 2. The van der Waals surface area contributed by atoms with Crippen molar-refractivity contribution in [3.63, 3.8) is 0 Å². The van der Waals surface area contributed by atoms with Crippen molar-refractivity contribution < 1.29 is 9.90 Å². The van der Waals surface area contributed by atoms with Gasteiger partial charge in [-0.15, -0.1) is 0 Å². The molecule has 0 radical (unpaired) electrons. The van der Waals surface area contributed by atoms with Crippen LogP contribution in [0.3, 0.4) is 0 Å². The summed E-state index contributed by atoms with van der Waals surface area (Å²) in [6.07, 6.45) is 1.17. The predicted molar refractivity (Wildman–Crippen MR) is 85.3 cm³/mol. The van der Waals surface area contributed by atoms with Crippen LogP contribution >= 0.6 is 23.4 Å². The fraction of sp³-hybridized carbons (Fsp3) is 0.333. The van der Waals surface area contributed by atoms with Gasteiger partial charge in [-0.25, -0.2) is 4.79 Å². The summed E-state index contributed by atoms with van der Waals surface area (Å²) >= 11 is 8.38. The summed E-state index contributed by atoms with van der Waals surface area (Å²) < 4.78 is 1.57. The Morgan fingerprint density at radius 3 is 2.86 bits per heavy atom. The van der Waals surface area contributed by atoms with Crippen LogP contribution in [-0.2, 0) is 7.05 Å². The maximum atomic E-state index is 11.0. The van der Waals surface area contributed by atoms with E-state index in [1.807, 2.05) is 23.9 Å². The molecule has 1 aromatic heterocycles. The van der Waals surface area contributed by atoms with Crippen LogP contribution in [0, 0.1) is 0 Å². The van der Waals surface area contributed by atoms with E-state index in [1.165, 1.54) is 17.7 Å². The molecule has 2 aromatic rings. The van der Waals surface area contributed by atoms with Crippen molar-refractivity contribution in [2.24, 2.45) is 7.05 Å². The zero-order valence-corrected chi connectivity index (χ0v) is 13.1. The highest BCUT2D eigenvalue weighted by Crippen LogP contribution is 2.37. The van der Waals surface area contributed by atoms with Crippen molar-refractivity contribution in [3.8, 4) is 11.3 Å². The van der Waals surface area contributed by atoms with E-state index in [1.54, 1.807) is 17.8 Å². The SMILES string of the molecule is Cn1nc(C(=O)O)cc1-c1ccc(C2CCSC2)c(Cl)c1. The molecule has 1 atom stereocenters. The van der Waals surface area contributed by atoms with Gasteiger partial charge in [-0.3, -0.25) is 4.68 Å². The number of benzene rings is 1. The molecule has 0 bridgehead atoms. The van der Waals surface area contributed by atoms with Gasteiger partial charge >= 0.3 is 5.97 Å². The van der Waals surface area contributed by atoms with E-state index in [0.717, 1.165) is 22.0 Å². The smallest absolute Gasteiger partial charge is 0.356 e. The molecule has 0 aliphatic carbocycles. The van der Waals surface area contributed by atoms with E-state index >= 15 is 0 Å². The topological polar surface area (TPSA) is 55.1 Å². The maximum Gasteiger partial charge on any atom is 0.356 e. The first-order valence-corrected chi connectivity index (χ1v) is 8.24. The highest BCUT2D eigenvalue weighted by atomic mass is 35.5. The van der Waals surface area contributed by atoms with E-state index in [2.05, 4.69) is 11.2 Å². The average molecular weight is 323 g/mol. The lowest BCUT2D eigenvalue weighted by molar-refractivity contribution is 0.0689. The van der Waals surface area contributed by atoms with Gasteiger partial charge in [-0.05, 0) is 35.8 Å². The first kappa shape index (κ1) is 14.5. The van der Waals surface area contributed by atoms with Crippen LogP contribution < -0.4 is 0 Å². The number of rotatable bonds is 3. The second-order valence-corrected chi connectivity index (χ2v) is 6.70. The van der Waals surface area contributed by atoms with Gasteiger partial charge in [0.1, 0.15) is 0 Å². The summed E-state index contributed by atoms with van der Waals surface area (Å²) in [5, 5.41) is 13.7. The van der Waals surface area contributed by atoms with Crippen LogP contribution in [0.5, 0.6) is 0 Å². The Balaban J connectivity index is 1.96. The van der Waals surface area contributed by atoms with Crippen molar-refractivity contribution >= 4 is 29.3 Å². The molecule has 1 aliphatic rings. The van der Waals surface area contributed by atoms with Crippen LogP contribution in [0.4, 0.5) is 0 Å². The van der Waals surface area contributed by atoms with E-state index in [9.17, 15) is 4.79 Å². The van der Waals surface area contributed by atoms with Crippen LogP contribution in [0.2, 0.25) is 5.02 Å². The average Bonchev–Trinajstić information content (AvgIpc) is 3.07. The number of carboxylic acid groups (broad SMARTS) is 1. The normalized spacial score (nSPS) is 18.1. The summed E-state index contributed by atoms with van der Waals surface area (Å²) in [7, 11) is 1.73. The largest absolute Gasteiger partial charge is 0.476 e. The third kappa shape index (κ3) is 2.80. The molecule has 4 nitrogen and oxygen atoms in total. The van der Waals surface area contributed by atoms with Gasteiger partial charge in [0.2, 0.25) is 0 Å². The Kier molecular flexibility index (Phi) is 3.95. The first-order valence-electron chi connectivity index (χ1n) is 6.71. The summed E-state index contributed by atoms with van der Waals surface area (Å²) in [6, 6.07) is 7.52. The standard InChI is InChI=1S/C15H15ClN2O2S/c1-18-14(7-13(17-18)15(19)20)9-2-3-11(12(16)6-9)10-4-5-21-8-10/h2-3,6-7,10H,4-5,8H2,1H3,(H,19,20). The van der Waals surface area contributed by atoms with Gasteiger partial charge in [0, 0.05) is 23.4 Å². The minimum absolute atomic E-state index is 0.0416. The Hall–Kier alpha value is -1.46. The Morgan fingerprint density at radius 1 is 1.48 bits per heavy atom. The number of hydrogen-bond donors (Lipinski definition) is 1. The Bertz CT molecular complexity index is 693. The number of aromatic nitrogens is 2. The molecular formula is C15H15ClN2O2S. The lowest BCUT2D eigenvalue weighted by Gasteiger charge is -2.12. The monoisotopic (exact) mass is 322 g/mol. The molecule has 1 aliphatic heterocycles. The molecule has 0 saturated carbocycles. The third-order valence-corrected chi connectivity index (χ3v) is 5.25. The third-order valence-electron chi connectivity index (χ3n) is 3.76. The van der Waals surface area contributed by atoms with Crippen molar-refractivity contribution in [2.45, 2.75) is 12.3 Å². The zero-order valence-electron chi connectivity index (χ0n) is 11.5. The molecule has 110 valence electrons. The summed E-state index contributed by atoms with van der Waals surface area (Å²) in [4.78, 5) is 11.0. The number of aryl methyl sites for hydroxylation is 1. The van der Waals surface area contributed by atoms with Gasteiger partial charge in [-0.1, -0.05) is 23.7 Å². The van der Waals surface area contributed by atoms with Crippen LogP contribution in [-0.4, -0.2) is 32.4 Å². The molecule has 1 aromatic carbocycles. The van der Waals surface area contributed by atoms with Crippen molar-refractivity contribution in [2.75, 3.05) is 11.5 Å². The first-order chi connectivity index (χ1) is 10.1. The summed E-state index contributed by atoms with van der Waals surface area (Å²) in [6.45, 7) is 0. The molecular weight excluding hydrogens is 308 g/mol. The molecule has 1 fully saturated rings. The van der Waals surface area contributed by atoms with E-state index < -0.39 is 5.97 Å². The lowest BCUT2D eigenvalue weighted by Crippen LogP contribution is -2.00. The van der Waals surface area contributed by atoms with E-state index in [0.29, 0.717) is 5.92 Å². The number of thioether (sulfide) groups is 1. The van der Waals surface area contributed by atoms with Crippen LogP contribution in [0.15, 0.2) is 24.3 Å². The number of hydrogen-bond acceptors (Lipinski definition) is 3. The fourth-order valence-electron chi connectivity index (χ4n) is 2.64. The highest BCUT2D eigenvalue weighted by molar-refractivity contribution is 7.99. The quantitative estimate of drug-likeness (QED) is 0.937. The van der Waals surface area contributed by atoms with Crippen molar-refractivity contribution in [3.05, 3.63) is 40.5 Å². The van der Waals surface area contributed by atoms with Crippen LogP contribution in [0.25, 0.3) is 11.3 Å². The molecule has 0 amide bonds. The second kappa shape index (κ2) is 5.73. The summed E-state index contributed by atoms with van der Waals surface area (Å²) in [5.74, 6) is 1.81. The number of carbonyl (C=O) groups is 1. The zero-order chi connectivity index (χ0) is 15.0. The van der Waals surface area contributed by atoms with Gasteiger partial charge in [0.25, 0.3) is 0 Å². The second-order valence-electron chi connectivity index (χ2n) is 5.14. The van der Waals surface area contributed by atoms with E-state index in [4.69, 9.17) is 16.7 Å². The van der Waals surface area contributed by atoms with Gasteiger partial charge in [-0.2, -0.15) is 16.9 Å². The Morgan fingerprint density at radius 2 is 2.29 bits per heavy atom. The molecule has 2 heterocycles. The minimum Gasteiger partial charge on any atom is -0.476 e. The molecule has 3 rings (SSSR count). The lowest BCUT2D eigenvalue weighted by atomic mass is 9.97. The fourth-order valence-corrected chi connectivity index (χ4v) is 4.22. The highest BCUT2D eigenvalue weighted by Gasteiger charge is 2.21. The van der Waals surface area contributed by atoms with E-state index in [-0.39, 0.29) is 5.69 Å². The molecule has 6 heteroatoms. The van der Waals surface area contributed by atoms with Gasteiger partial charge < -0.3 is 5.11 Å². The number of halogens is 1. The minimum atomic E-state index is -1.03. The number of aromatic carboxylic acids is 1. The molecule has 1 unspecified atom stereocenters. The molecule has 0 spiro atoms. The maximum absolute atomic E-state index is 11.0. The van der Waals surface area contributed by atoms with Gasteiger partial charge in [0.05, 0.1) is 5.69 Å². The molecule has 21 heavy (non-hydrogen) atoms.